The molecule has 2 aromatic carbocycles. The van der Waals surface area contributed by atoms with Crippen LogP contribution >= 0.6 is 11.6 Å². The van der Waals surface area contributed by atoms with Crippen LogP contribution in [0.3, 0.4) is 0 Å². The molecule has 0 aliphatic heterocycles. The standard InChI is InChI=1S/C19H20ClNO3/c1-13-2-4-14(5-3-13)10-17(12-19(23)24)21-18(22)11-15-6-8-16(20)9-7-15/h2-9,17H,10-12H2,1H3,(H,21,22)(H,23,24)/t17-/m0/s1. The molecule has 1 atom stereocenters. The van der Waals surface area contributed by atoms with Crippen LogP contribution in [0.5, 0.6) is 0 Å². The normalized spacial score (nSPS) is 11.8. The number of aliphatic carboxylic acids is 1. The van der Waals surface area contributed by atoms with E-state index in [0.717, 1.165) is 16.7 Å². The molecule has 0 radical (unpaired) electrons. The molecule has 126 valence electrons. The van der Waals surface area contributed by atoms with Crippen molar-refractivity contribution in [1.82, 2.24) is 5.32 Å². The number of halogens is 1. The molecule has 4 nitrogen and oxygen atoms in total. The maximum absolute atomic E-state index is 12.2. The number of aryl methyl sites for hydroxylation is 1. The van der Waals surface area contributed by atoms with E-state index in [-0.39, 0.29) is 18.7 Å². The quantitative estimate of drug-likeness (QED) is 0.808. The van der Waals surface area contributed by atoms with Gasteiger partial charge in [-0.15, -0.1) is 0 Å². The molecule has 24 heavy (non-hydrogen) atoms. The van der Waals surface area contributed by atoms with E-state index in [1.807, 2.05) is 31.2 Å². The average molecular weight is 346 g/mol. The monoisotopic (exact) mass is 345 g/mol. The number of amides is 1. The highest BCUT2D eigenvalue weighted by Gasteiger charge is 2.17. The van der Waals surface area contributed by atoms with E-state index < -0.39 is 12.0 Å². The summed E-state index contributed by atoms with van der Waals surface area (Å²) in [6.45, 7) is 1.99. The van der Waals surface area contributed by atoms with Gasteiger partial charge in [0.1, 0.15) is 0 Å². The lowest BCUT2D eigenvalue weighted by atomic mass is 10.0. The fraction of sp³-hybridized carbons (Fsp3) is 0.263. The van der Waals surface area contributed by atoms with Crippen LogP contribution in [0.15, 0.2) is 48.5 Å². The van der Waals surface area contributed by atoms with Crippen molar-refractivity contribution in [1.29, 1.82) is 0 Å². The van der Waals surface area contributed by atoms with Crippen molar-refractivity contribution in [3.63, 3.8) is 0 Å². The Kier molecular flexibility index (Phi) is 6.38. The van der Waals surface area contributed by atoms with Crippen LogP contribution in [0.25, 0.3) is 0 Å². The van der Waals surface area contributed by atoms with Crippen molar-refractivity contribution in [2.24, 2.45) is 0 Å². The van der Waals surface area contributed by atoms with Gasteiger partial charge in [-0.1, -0.05) is 53.6 Å². The van der Waals surface area contributed by atoms with Gasteiger partial charge in [-0.05, 0) is 36.6 Å². The first-order valence-electron chi connectivity index (χ1n) is 7.73. The number of carbonyl (C=O) groups excluding carboxylic acids is 1. The summed E-state index contributed by atoms with van der Waals surface area (Å²) in [6.07, 6.45) is 0.570. The van der Waals surface area contributed by atoms with Crippen molar-refractivity contribution in [3.05, 3.63) is 70.2 Å². The van der Waals surface area contributed by atoms with Crippen molar-refractivity contribution in [2.75, 3.05) is 0 Å². The van der Waals surface area contributed by atoms with E-state index in [0.29, 0.717) is 11.4 Å². The third-order valence-corrected chi connectivity index (χ3v) is 3.92. The molecule has 0 heterocycles. The molecule has 0 saturated heterocycles. The molecule has 0 aliphatic carbocycles. The molecule has 0 saturated carbocycles. The predicted octanol–water partition coefficient (Wildman–Crippen LogP) is 3.39. The average Bonchev–Trinajstić information content (AvgIpc) is 2.51. The van der Waals surface area contributed by atoms with Gasteiger partial charge in [0.05, 0.1) is 12.8 Å². The molecule has 0 spiro atoms. The molecule has 0 aliphatic rings. The second kappa shape index (κ2) is 8.50. The Bertz CT molecular complexity index is 696. The summed E-state index contributed by atoms with van der Waals surface area (Å²) >= 11 is 5.83. The Morgan fingerprint density at radius 3 is 2.21 bits per heavy atom. The first-order chi connectivity index (χ1) is 11.4. The number of nitrogens with one attached hydrogen (secondary N) is 1. The topological polar surface area (TPSA) is 66.4 Å². The highest BCUT2D eigenvalue weighted by Crippen LogP contribution is 2.11. The van der Waals surface area contributed by atoms with Gasteiger partial charge in [0, 0.05) is 11.1 Å². The van der Waals surface area contributed by atoms with Gasteiger partial charge in [-0.2, -0.15) is 0 Å². The summed E-state index contributed by atoms with van der Waals surface area (Å²) in [5, 5.41) is 12.5. The van der Waals surface area contributed by atoms with Gasteiger partial charge in [0.25, 0.3) is 0 Å². The van der Waals surface area contributed by atoms with Crippen molar-refractivity contribution in [3.8, 4) is 0 Å². The van der Waals surface area contributed by atoms with Gasteiger partial charge in [-0.25, -0.2) is 0 Å². The Morgan fingerprint density at radius 2 is 1.62 bits per heavy atom. The summed E-state index contributed by atoms with van der Waals surface area (Å²) in [6, 6.07) is 14.4. The minimum Gasteiger partial charge on any atom is -0.481 e. The number of hydrogen-bond acceptors (Lipinski definition) is 2. The van der Waals surface area contributed by atoms with E-state index in [9.17, 15) is 9.59 Å². The Hall–Kier alpha value is -2.33. The second-order valence-electron chi connectivity index (χ2n) is 5.86. The fourth-order valence-corrected chi connectivity index (χ4v) is 2.59. The fourth-order valence-electron chi connectivity index (χ4n) is 2.46. The van der Waals surface area contributed by atoms with Crippen LogP contribution < -0.4 is 5.32 Å². The van der Waals surface area contributed by atoms with Crippen LogP contribution in [0.4, 0.5) is 0 Å². The van der Waals surface area contributed by atoms with Crippen LogP contribution in [0.1, 0.15) is 23.1 Å². The molecule has 2 N–H and O–H groups in total. The smallest absolute Gasteiger partial charge is 0.305 e. The van der Waals surface area contributed by atoms with Crippen LogP contribution in [0, 0.1) is 6.92 Å². The van der Waals surface area contributed by atoms with Gasteiger partial charge < -0.3 is 10.4 Å². The molecule has 0 aromatic heterocycles. The van der Waals surface area contributed by atoms with E-state index in [2.05, 4.69) is 5.32 Å². The molecule has 2 aromatic rings. The zero-order chi connectivity index (χ0) is 17.5. The van der Waals surface area contributed by atoms with Crippen molar-refractivity contribution >= 4 is 23.5 Å². The zero-order valence-corrected chi connectivity index (χ0v) is 14.2. The first-order valence-corrected chi connectivity index (χ1v) is 8.11. The summed E-state index contributed by atoms with van der Waals surface area (Å²) in [4.78, 5) is 23.3. The zero-order valence-electron chi connectivity index (χ0n) is 13.5. The number of carbonyl (C=O) groups is 2. The van der Waals surface area contributed by atoms with Crippen molar-refractivity contribution in [2.45, 2.75) is 32.2 Å². The SMILES string of the molecule is Cc1ccc(C[C@@H](CC(=O)O)NC(=O)Cc2ccc(Cl)cc2)cc1. The number of carboxylic acid groups (broad SMARTS) is 1. The van der Waals surface area contributed by atoms with Gasteiger partial charge >= 0.3 is 5.97 Å². The van der Waals surface area contributed by atoms with Crippen LogP contribution in [-0.2, 0) is 22.4 Å². The number of hydrogen-bond donors (Lipinski definition) is 2. The summed E-state index contributed by atoms with van der Waals surface area (Å²) in [5.41, 5.74) is 2.97. The maximum atomic E-state index is 12.2. The third-order valence-electron chi connectivity index (χ3n) is 3.67. The van der Waals surface area contributed by atoms with E-state index in [1.54, 1.807) is 24.3 Å². The number of benzene rings is 2. The highest BCUT2D eigenvalue weighted by atomic mass is 35.5. The largest absolute Gasteiger partial charge is 0.481 e. The third kappa shape index (κ3) is 6.05. The lowest BCUT2D eigenvalue weighted by Crippen LogP contribution is -2.38. The minimum absolute atomic E-state index is 0.111. The van der Waals surface area contributed by atoms with Crippen molar-refractivity contribution < 1.29 is 14.7 Å². The van der Waals surface area contributed by atoms with Gasteiger partial charge in [0.15, 0.2) is 0 Å². The number of rotatable bonds is 7. The molecular weight excluding hydrogens is 326 g/mol. The second-order valence-corrected chi connectivity index (χ2v) is 6.29. The summed E-state index contributed by atoms with van der Waals surface area (Å²) in [7, 11) is 0. The van der Waals surface area contributed by atoms with Gasteiger partial charge in [-0.3, -0.25) is 9.59 Å². The molecule has 2 rings (SSSR count). The molecule has 1 amide bonds. The summed E-state index contributed by atoms with van der Waals surface area (Å²) < 4.78 is 0. The molecule has 0 bridgehead atoms. The van der Waals surface area contributed by atoms with Crippen LogP contribution in [-0.4, -0.2) is 23.0 Å². The molecular formula is C19H20ClNO3. The molecule has 0 fully saturated rings. The molecule has 0 unspecified atom stereocenters. The van der Waals surface area contributed by atoms with E-state index in [4.69, 9.17) is 16.7 Å². The Labute approximate surface area is 146 Å². The van der Waals surface area contributed by atoms with Crippen LogP contribution in [0.2, 0.25) is 5.02 Å². The van der Waals surface area contributed by atoms with E-state index >= 15 is 0 Å². The Morgan fingerprint density at radius 1 is 1.04 bits per heavy atom. The lowest BCUT2D eigenvalue weighted by molar-refractivity contribution is -0.137. The number of carboxylic acids is 1. The first kappa shape index (κ1) is 18.0. The Balaban J connectivity index is 1.99. The maximum Gasteiger partial charge on any atom is 0.305 e. The highest BCUT2D eigenvalue weighted by molar-refractivity contribution is 6.30. The summed E-state index contributed by atoms with van der Waals surface area (Å²) in [5.74, 6) is -1.13. The predicted molar refractivity (Wildman–Crippen MR) is 94.2 cm³/mol. The van der Waals surface area contributed by atoms with E-state index in [1.165, 1.54) is 0 Å². The molecule has 5 heteroatoms. The minimum atomic E-state index is -0.932. The lowest BCUT2D eigenvalue weighted by Gasteiger charge is -2.17. The van der Waals surface area contributed by atoms with Gasteiger partial charge in [0.2, 0.25) is 5.91 Å².